The maximum atomic E-state index is 13.5. The molecule has 3 rings (SSSR count). The number of fused-ring (bicyclic) bond motifs is 1. The predicted octanol–water partition coefficient (Wildman–Crippen LogP) is 4.06. The molecule has 1 amide bonds. The number of nitrogens with one attached hydrogen (secondary N) is 1. The van der Waals surface area contributed by atoms with Gasteiger partial charge in [-0.05, 0) is 55.5 Å². The molecular formula is C24H32N2O4S. The fourth-order valence-electron chi connectivity index (χ4n) is 3.92. The molecule has 1 heterocycles. The molecule has 1 aliphatic heterocycles. The van der Waals surface area contributed by atoms with Gasteiger partial charge in [-0.1, -0.05) is 51.5 Å². The van der Waals surface area contributed by atoms with Gasteiger partial charge in [0.2, 0.25) is 0 Å². The van der Waals surface area contributed by atoms with E-state index in [4.69, 9.17) is 4.74 Å². The monoisotopic (exact) mass is 444 g/mol. The van der Waals surface area contributed by atoms with Crippen LogP contribution in [-0.2, 0) is 14.8 Å². The Kier molecular flexibility index (Phi) is 6.65. The molecule has 0 saturated carbocycles. The Balaban J connectivity index is 1.98. The molecule has 0 aromatic heterocycles. The fourth-order valence-corrected chi connectivity index (χ4v) is 5.40. The number of carbonyl (C=O) groups excluding carboxylic acids is 1. The van der Waals surface area contributed by atoms with E-state index in [1.165, 1.54) is 4.31 Å². The highest BCUT2D eigenvalue weighted by atomic mass is 32.2. The number of sulfonamides is 1. The Morgan fingerprint density at radius 2 is 1.58 bits per heavy atom. The average molecular weight is 445 g/mol. The van der Waals surface area contributed by atoms with Crippen LogP contribution in [0.25, 0.3) is 0 Å². The number of nitrogens with zero attached hydrogens (tertiary/aromatic N) is 1. The molecule has 7 heteroatoms. The van der Waals surface area contributed by atoms with E-state index in [2.05, 4.69) is 33.0 Å². The first-order valence-electron chi connectivity index (χ1n) is 10.7. The molecule has 1 N–H and O–H groups in total. The van der Waals surface area contributed by atoms with E-state index in [0.717, 1.165) is 11.1 Å². The Morgan fingerprint density at radius 1 is 1.00 bits per heavy atom. The van der Waals surface area contributed by atoms with Crippen molar-refractivity contribution in [1.82, 2.24) is 5.32 Å². The van der Waals surface area contributed by atoms with E-state index in [9.17, 15) is 13.2 Å². The second-order valence-electron chi connectivity index (χ2n) is 8.95. The minimum Gasteiger partial charge on any atom is -0.476 e. The van der Waals surface area contributed by atoms with E-state index in [1.807, 2.05) is 19.9 Å². The van der Waals surface area contributed by atoms with Crippen molar-refractivity contribution in [3.05, 3.63) is 53.6 Å². The van der Waals surface area contributed by atoms with Crippen LogP contribution < -0.4 is 14.4 Å². The number of hydrogen-bond donors (Lipinski definition) is 1. The van der Waals surface area contributed by atoms with Gasteiger partial charge in [0.15, 0.2) is 6.10 Å². The third-order valence-electron chi connectivity index (χ3n) is 5.63. The number of hydrogen-bond acceptors (Lipinski definition) is 4. The number of rotatable bonds is 6. The molecule has 1 atom stereocenters. The number of anilines is 1. The van der Waals surface area contributed by atoms with Crippen molar-refractivity contribution >= 4 is 21.6 Å². The molecule has 0 radical (unpaired) electrons. The SMILES string of the molecule is Cc1ccc(S(=O)(=O)N2C[C@H](C(=O)NC(C(C)C)C(C)C)Oc3cc(C)ccc32)cc1. The summed E-state index contributed by atoms with van der Waals surface area (Å²) in [6.07, 6.45) is -0.936. The molecule has 168 valence electrons. The molecule has 1 aliphatic rings. The van der Waals surface area contributed by atoms with Crippen LogP contribution in [-0.4, -0.2) is 33.0 Å². The third-order valence-corrected chi connectivity index (χ3v) is 7.43. The van der Waals surface area contributed by atoms with Gasteiger partial charge >= 0.3 is 0 Å². The van der Waals surface area contributed by atoms with Gasteiger partial charge in [-0.25, -0.2) is 8.42 Å². The van der Waals surface area contributed by atoms with Crippen LogP contribution in [0.4, 0.5) is 5.69 Å². The number of aryl methyl sites for hydroxylation is 2. The summed E-state index contributed by atoms with van der Waals surface area (Å²) in [6, 6.07) is 12.0. The van der Waals surface area contributed by atoms with Gasteiger partial charge in [-0.2, -0.15) is 0 Å². The minimum atomic E-state index is -3.86. The second-order valence-corrected chi connectivity index (χ2v) is 10.8. The van der Waals surface area contributed by atoms with Crippen LogP contribution in [0.1, 0.15) is 38.8 Å². The lowest BCUT2D eigenvalue weighted by Crippen LogP contribution is -2.54. The highest BCUT2D eigenvalue weighted by Gasteiger charge is 2.38. The smallest absolute Gasteiger partial charge is 0.264 e. The van der Waals surface area contributed by atoms with Crippen molar-refractivity contribution in [3.63, 3.8) is 0 Å². The molecule has 0 spiro atoms. The van der Waals surface area contributed by atoms with Crippen LogP contribution in [0, 0.1) is 25.7 Å². The van der Waals surface area contributed by atoms with Gasteiger partial charge in [0.05, 0.1) is 17.1 Å². The van der Waals surface area contributed by atoms with Crippen LogP contribution in [0.2, 0.25) is 0 Å². The Hall–Kier alpha value is -2.54. The van der Waals surface area contributed by atoms with E-state index in [1.54, 1.807) is 36.4 Å². The Bertz CT molecular complexity index is 1040. The molecule has 0 saturated heterocycles. The number of benzene rings is 2. The first-order valence-corrected chi connectivity index (χ1v) is 12.1. The van der Waals surface area contributed by atoms with E-state index < -0.39 is 16.1 Å². The number of amides is 1. The van der Waals surface area contributed by atoms with Crippen molar-refractivity contribution in [2.75, 3.05) is 10.8 Å². The standard InChI is InChI=1S/C24H32N2O4S/c1-15(2)23(16(3)4)25-24(27)22-14-26(20-12-9-18(6)13-21(20)30-22)31(28,29)19-10-7-17(5)8-11-19/h7-13,15-16,22-23H,14H2,1-6H3,(H,25,27)/t22-/m1/s1. The van der Waals surface area contributed by atoms with E-state index in [0.29, 0.717) is 11.4 Å². The third kappa shape index (κ3) is 4.87. The Morgan fingerprint density at radius 3 is 2.16 bits per heavy atom. The zero-order valence-corrected chi connectivity index (χ0v) is 19.9. The summed E-state index contributed by atoms with van der Waals surface area (Å²) in [5, 5.41) is 3.06. The first kappa shape index (κ1) is 23.1. The number of ether oxygens (including phenoxy) is 1. The van der Waals surface area contributed by atoms with Gasteiger partial charge in [-0.15, -0.1) is 0 Å². The van der Waals surface area contributed by atoms with Crippen LogP contribution >= 0.6 is 0 Å². The van der Waals surface area contributed by atoms with Crippen molar-refractivity contribution < 1.29 is 17.9 Å². The first-order chi connectivity index (χ1) is 14.5. The van der Waals surface area contributed by atoms with Gasteiger partial charge in [0.25, 0.3) is 15.9 Å². The molecule has 6 nitrogen and oxygen atoms in total. The maximum absolute atomic E-state index is 13.5. The van der Waals surface area contributed by atoms with E-state index >= 15 is 0 Å². The topological polar surface area (TPSA) is 75.7 Å². The summed E-state index contributed by atoms with van der Waals surface area (Å²) < 4.78 is 34.3. The second kappa shape index (κ2) is 8.91. The summed E-state index contributed by atoms with van der Waals surface area (Å²) >= 11 is 0. The molecule has 0 bridgehead atoms. The minimum absolute atomic E-state index is 0.0304. The molecule has 2 aromatic rings. The van der Waals surface area contributed by atoms with Gasteiger partial charge in [0, 0.05) is 6.04 Å². The molecule has 0 aliphatic carbocycles. The van der Waals surface area contributed by atoms with Crippen molar-refractivity contribution in [2.45, 2.75) is 58.6 Å². The molecule has 2 aromatic carbocycles. The van der Waals surface area contributed by atoms with Crippen LogP contribution in [0.5, 0.6) is 5.75 Å². The Labute approximate surface area is 185 Å². The lowest BCUT2D eigenvalue weighted by molar-refractivity contribution is -0.129. The van der Waals surface area contributed by atoms with Crippen molar-refractivity contribution in [1.29, 1.82) is 0 Å². The van der Waals surface area contributed by atoms with Crippen LogP contribution in [0.3, 0.4) is 0 Å². The molecular weight excluding hydrogens is 412 g/mol. The van der Waals surface area contributed by atoms with Gasteiger partial charge < -0.3 is 10.1 Å². The zero-order valence-electron chi connectivity index (χ0n) is 19.0. The van der Waals surface area contributed by atoms with Crippen molar-refractivity contribution in [3.8, 4) is 5.75 Å². The normalized spacial score (nSPS) is 16.4. The van der Waals surface area contributed by atoms with Crippen molar-refractivity contribution in [2.24, 2.45) is 11.8 Å². The molecule has 31 heavy (non-hydrogen) atoms. The summed E-state index contributed by atoms with van der Waals surface area (Å²) in [7, 11) is -3.86. The summed E-state index contributed by atoms with van der Waals surface area (Å²) in [6.45, 7) is 11.9. The lowest BCUT2D eigenvalue weighted by Gasteiger charge is -2.36. The molecule has 0 unspecified atom stereocenters. The summed E-state index contributed by atoms with van der Waals surface area (Å²) in [4.78, 5) is 13.3. The highest BCUT2D eigenvalue weighted by Crippen LogP contribution is 2.37. The highest BCUT2D eigenvalue weighted by molar-refractivity contribution is 7.92. The largest absolute Gasteiger partial charge is 0.476 e. The summed E-state index contributed by atoms with van der Waals surface area (Å²) in [5.74, 6) is 0.584. The molecule has 0 fully saturated rings. The van der Waals surface area contributed by atoms with E-state index in [-0.39, 0.29) is 35.2 Å². The maximum Gasteiger partial charge on any atom is 0.264 e. The summed E-state index contributed by atoms with van der Waals surface area (Å²) in [5.41, 5.74) is 2.34. The fraction of sp³-hybridized carbons (Fsp3) is 0.458. The number of carbonyl (C=O) groups is 1. The van der Waals surface area contributed by atoms with Gasteiger partial charge in [0.1, 0.15) is 5.75 Å². The van der Waals surface area contributed by atoms with Gasteiger partial charge in [-0.3, -0.25) is 9.10 Å². The van der Waals surface area contributed by atoms with Crippen LogP contribution in [0.15, 0.2) is 47.4 Å². The quantitative estimate of drug-likeness (QED) is 0.729. The predicted molar refractivity (Wildman–Crippen MR) is 123 cm³/mol. The average Bonchev–Trinajstić information content (AvgIpc) is 2.70. The lowest BCUT2D eigenvalue weighted by atomic mass is 9.93. The zero-order chi connectivity index (χ0) is 22.9.